The van der Waals surface area contributed by atoms with E-state index in [9.17, 15) is 0 Å². The molecule has 0 aliphatic heterocycles. The molecular formula is C40H74S2. The van der Waals surface area contributed by atoms with E-state index in [1.165, 1.54) is 103 Å². The molecular weight excluding hydrogens is 545 g/mol. The zero-order valence-corrected chi connectivity index (χ0v) is 30.7. The van der Waals surface area contributed by atoms with Crippen LogP contribution in [0, 0.1) is 35.5 Å². The Balaban J connectivity index is 1.21. The molecule has 0 spiro atoms. The van der Waals surface area contributed by atoms with E-state index >= 15 is 0 Å². The first-order chi connectivity index (χ1) is 20.5. The van der Waals surface area contributed by atoms with Crippen molar-refractivity contribution in [3.05, 3.63) is 0 Å². The maximum atomic E-state index is 2.46. The predicted octanol–water partition coefficient (Wildman–Crippen LogP) is 14.6. The van der Waals surface area contributed by atoms with Crippen LogP contribution in [-0.4, -0.2) is 9.49 Å². The third-order valence-electron chi connectivity index (χ3n) is 13.2. The molecule has 42 heavy (non-hydrogen) atoms. The van der Waals surface area contributed by atoms with Crippen molar-refractivity contribution < 1.29 is 0 Å². The fraction of sp³-hybridized carbons (Fsp3) is 1.00. The van der Waals surface area contributed by atoms with Crippen molar-refractivity contribution in [1.29, 1.82) is 0 Å². The Morgan fingerprint density at radius 1 is 0.405 bits per heavy atom. The second-order valence-corrected chi connectivity index (χ2v) is 19.3. The molecule has 0 unspecified atom stereocenters. The van der Waals surface area contributed by atoms with Crippen LogP contribution in [-0.2, 0) is 0 Å². The van der Waals surface area contributed by atoms with Gasteiger partial charge in [-0.25, -0.2) is 0 Å². The molecule has 246 valence electrons. The average molecular weight is 619 g/mol. The maximum Gasteiger partial charge on any atom is 0.0264 e. The maximum absolute atomic E-state index is 2.46. The second-order valence-electron chi connectivity index (χ2n) is 16.3. The summed E-state index contributed by atoms with van der Waals surface area (Å²) in [6.45, 7) is 9.63. The van der Waals surface area contributed by atoms with Gasteiger partial charge in [0.1, 0.15) is 0 Å². The highest BCUT2D eigenvalue weighted by atomic mass is 33.1. The molecule has 4 saturated carbocycles. The summed E-state index contributed by atoms with van der Waals surface area (Å²) < 4.78 is 1.17. The first kappa shape index (κ1) is 35.6. The van der Waals surface area contributed by atoms with Crippen LogP contribution in [0.3, 0.4) is 0 Å². The zero-order valence-electron chi connectivity index (χ0n) is 29.1. The van der Waals surface area contributed by atoms with E-state index in [4.69, 9.17) is 0 Å². The lowest BCUT2D eigenvalue weighted by Gasteiger charge is -2.47. The average Bonchev–Trinajstić information content (AvgIpc) is 3.02. The second kappa shape index (κ2) is 18.7. The van der Waals surface area contributed by atoms with Gasteiger partial charge in [0.05, 0.1) is 0 Å². The van der Waals surface area contributed by atoms with Gasteiger partial charge in [-0.3, -0.25) is 0 Å². The Labute approximate surface area is 273 Å². The van der Waals surface area contributed by atoms with Crippen molar-refractivity contribution in [2.75, 3.05) is 0 Å². The lowest BCUT2D eigenvalue weighted by atomic mass is 9.68. The Morgan fingerprint density at radius 3 is 1.05 bits per heavy atom. The van der Waals surface area contributed by atoms with Gasteiger partial charge in [-0.2, -0.15) is 0 Å². The van der Waals surface area contributed by atoms with E-state index in [0.29, 0.717) is 9.49 Å². The lowest BCUT2D eigenvalue weighted by molar-refractivity contribution is 0.148. The number of rotatable bonds is 17. The van der Waals surface area contributed by atoms with Crippen molar-refractivity contribution in [3.63, 3.8) is 0 Å². The topological polar surface area (TPSA) is 0 Å². The van der Waals surface area contributed by atoms with Crippen molar-refractivity contribution in [2.45, 2.75) is 217 Å². The van der Waals surface area contributed by atoms with E-state index in [2.05, 4.69) is 49.3 Å². The molecule has 0 aromatic carbocycles. The van der Waals surface area contributed by atoms with Crippen LogP contribution < -0.4 is 0 Å². The summed E-state index contributed by atoms with van der Waals surface area (Å²) in [5, 5.41) is 0. The van der Waals surface area contributed by atoms with Crippen molar-refractivity contribution in [1.82, 2.24) is 0 Å². The molecule has 0 aromatic heterocycles. The van der Waals surface area contributed by atoms with Crippen LogP contribution in [0.2, 0.25) is 0 Å². The highest BCUT2D eigenvalue weighted by molar-refractivity contribution is 8.77. The fourth-order valence-corrected chi connectivity index (χ4v) is 14.7. The van der Waals surface area contributed by atoms with E-state index < -0.39 is 0 Å². The third-order valence-corrected chi connectivity index (χ3v) is 17.6. The molecule has 4 rings (SSSR count). The van der Waals surface area contributed by atoms with Crippen LogP contribution in [0.25, 0.3) is 0 Å². The smallest absolute Gasteiger partial charge is 0.0264 e. The van der Waals surface area contributed by atoms with E-state index in [-0.39, 0.29) is 0 Å². The summed E-state index contributed by atoms with van der Waals surface area (Å²) in [4.78, 5) is 0. The summed E-state index contributed by atoms with van der Waals surface area (Å²) in [5.41, 5.74) is 0. The van der Waals surface area contributed by atoms with Gasteiger partial charge in [0.2, 0.25) is 0 Å². The summed E-state index contributed by atoms with van der Waals surface area (Å²) in [5.74, 6) is 6.38. The molecule has 0 nitrogen and oxygen atoms in total. The molecule has 0 aromatic rings. The lowest BCUT2D eigenvalue weighted by Crippen LogP contribution is -2.36. The molecule has 0 atom stereocenters. The van der Waals surface area contributed by atoms with Crippen LogP contribution in [0.15, 0.2) is 0 Å². The van der Waals surface area contributed by atoms with Gasteiger partial charge in [-0.1, -0.05) is 139 Å². The van der Waals surface area contributed by atoms with Crippen molar-refractivity contribution in [2.24, 2.45) is 35.5 Å². The highest BCUT2D eigenvalue weighted by Gasteiger charge is 2.43. The van der Waals surface area contributed by atoms with E-state index in [1.807, 2.05) is 0 Å². The minimum absolute atomic E-state index is 0.584. The minimum Gasteiger partial charge on any atom is -0.0867 e. The molecule has 0 N–H and O–H groups in total. The van der Waals surface area contributed by atoms with Crippen LogP contribution in [0.5, 0.6) is 0 Å². The number of unbranched alkanes of at least 4 members (excludes halogenated alkanes) is 4. The van der Waals surface area contributed by atoms with E-state index in [1.54, 1.807) is 77.0 Å². The zero-order chi connectivity index (χ0) is 29.7. The van der Waals surface area contributed by atoms with Crippen LogP contribution in [0.4, 0.5) is 0 Å². The largest absolute Gasteiger partial charge is 0.0867 e. The Kier molecular flexibility index (Phi) is 15.9. The molecule has 0 heterocycles. The monoisotopic (exact) mass is 619 g/mol. The molecule has 0 bridgehead atoms. The summed E-state index contributed by atoms with van der Waals surface area (Å²) >= 11 is 0. The standard InChI is InChI=1S/C40H74S2/c1-5-9-11-13-33-15-19-35(20-16-33)37-23-29-39(27-7-3,30-24-37)41-42-40(28-8-4)31-25-38(26-32-40)36-21-17-34(18-22-36)14-12-10-6-2/h33-38H,5-32H2,1-4H3. The Bertz CT molecular complexity index is 624. The summed E-state index contributed by atoms with van der Waals surface area (Å²) in [6, 6.07) is 0. The van der Waals surface area contributed by atoms with Crippen LogP contribution in [0.1, 0.15) is 207 Å². The normalized spacial score (nSPS) is 38.0. The molecule has 0 radical (unpaired) electrons. The number of hydrogen-bond acceptors (Lipinski definition) is 2. The predicted molar refractivity (Wildman–Crippen MR) is 194 cm³/mol. The van der Waals surface area contributed by atoms with Gasteiger partial charge in [-0.05, 0) is 125 Å². The van der Waals surface area contributed by atoms with Gasteiger partial charge in [-0.15, -0.1) is 0 Å². The first-order valence-electron chi connectivity index (χ1n) is 19.9. The summed E-state index contributed by atoms with van der Waals surface area (Å²) in [6.07, 6.45) is 42.1. The molecule has 2 heteroatoms. The molecule has 0 amide bonds. The van der Waals surface area contributed by atoms with Gasteiger partial charge in [0.25, 0.3) is 0 Å². The SMILES string of the molecule is CCCCCC1CCC(C2CCC(CCC)(SSC3(CCC)CCC(C4CCC(CCCCC)CC4)CC3)CC2)CC1. The first-order valence-corrected chi connectivity index (χ1v) is 22.1. The molecule has 4 aliphatic carbocycles. The molecule has 4 aliphatic rings. The third kappa shape index (κ3) is 10.6. The van der Waals surface area contributed by atoms with Crippen LogP contribution >= 0.6 is 21.6 Å². The van der Waals surface area contributed by atoms with Crippen molar-refractivity contribution in [3.8, 4) is 0 Å². The fourth-order valence-electron chi connectivity index (χ4n) is 10.4. The number of hydrogen-bond donors (Lipinski definition) is 0. The highest BCUT2D eigenvalue weighted by Crippen LogP contribution is 2.59. The van der Waals surface area contributed by atoms with Gasteiger partial charge in [0.15, 0.2) is 0 Å². The molecule has 4 fully saturated rings. The van der Waals surface area contributed by atoms with Crippen molar-refractivity contribution >= 4 is 21.6 Å². The van der Waals surface area contributed by atoms with E-state index in [0.717, 1.165) is 35.5 Å². The van der Waals surface area contributed by atoms with Gasteiger partial charge < -0.3 is 0 Å². The Morgan fingerprint density at radius 2 is 0.738 bits per heavy atom. The van der Waals surface area contributed by atoms with Gasteiger partial charge >= 0.3 is 0 Å². The van der Waals surface area contributed by atoms with Gasteiger partial charge in [0, 0.05) is 9.49 Å². The minimum atomic E-state index is 0.584. The molecule has 0 saturated heterocycles. The summed E-state index contributed by atoms with van der Waals surface area (Å²) in [7, 11) is 4.88. The quantitative estimate of drug-likeness (QED) is 0.117. The Hall–Kier alpha value is 0.700.